The maximum absolute atomic E-state index is 13.6. The second kappa shape index (κ2) is 8.69. The number of benzene rings is 2. The molecule has 2 aromatic carbocycles. The van der Waals surface area contributed by atoms with E-state index in [1.165, 1.54) is 24.3 Å². The number of esters is 1. The molecule has 0 saturated carbocycles. The molecule has 12 heteroatoms. The predicted octanol–water partition coefficient (Wildman–Crippen LogP) is -0.122. The number of Topliss-reactive ketones (excluding diaryl/α,β-unsaturated/α-hetero) is 1. The van der Waals surface area contributed by atoms with Crippen LogP contribution >= 0.6 is 0 Å². The van der Waals surface area contributed by atoms with Crippen molar-refractivity contribution in [2.45, 2.75) is 36.9 Å². The Morgan fingerprint density at radius 3 is 2.31 bits per heavy atom. The number of hydrogen-bond donors (Lipinski definition) is 6. The lowest BCUT2D eigenvalue weighted by Crippen LogP contribution is -2.55. The van der Waals surface area contributed by atoms with Crippen molar-refractivity contribution >= 4 is 22.7 Å². The molecule has 12 nitrogen and oxygen atoms in total. The fourth-order valence-corrected chi connectivity index (χ4v) is 4.48. The molecule has 5 rings (SSSR count). The van der Waals surface area contributed by atoms with E-state index < -0.39 is 88.7 Å². The third kappa shape index (κ3) is 3.63. The maximum atomic E-state index is 13.6. The maximum Gasteiger partial charge on any atom is 0.319 e. The number of ketones is 1. The molecule has 0 amide bonds. The molecule has 5 atom stereocenters. The molecule has 0 aliphatic carbocycles. The number of carbonyl (C=O) groups excluding carboxylic acids is 2. The molecule has 2 bridgehead atoms. The van der Waals surface area contributed by atoms with E-state index in [0.29, 0.717) is 0 Å². The number of fused-ring (bicyclic) bond motifs is 1. The summed E-state index contributed by atoms with van der Waals surface area (Å²) in [5.41, 5.74) is -1.80. The van der Waals surface area contributed by atoms with E-state index in [2.05, 4.69) is 0 Å². The van der Waals surface area contributed by atoms with Crippen molar-refractivity contribution < 1.29 is 54.1 Å². The van der Waals surface area contributed by atoms with Gasteiger partial charge in [-0.05, 0) is 24.3 Å². The van der Waals surface area contributed by atoms with Gasteiger partial charge in [0, 0.05) is 11.6 Å². The fourth-order valence-electron chi connectivity index (χ4n) is 4.48. The van der Waals surface area contributed by atoms with Crippen molar-refractivity contribution in [3.63, 3.8) is 0 Å². The molecule has 0 spiro atoms. The molecule has 0 radical (unpaired) electrons. The van der Waals surface area contributed by atoms with Gasteiger partial charge in [0.2, 0.25) is 5.43 Å². The molecule has 1 fully saturated rings. The Balaban J connectivity index is 1.81. The monoisotopic (exact) mass is 500 g/mol. The van der Waals surface area contributed by atoms with Gasteiger partial charge in [-0.15, -0.1) is 0 Å². The van der Waals surface area contributed by atoms with E-state index in [-0.39, 0.29) is 22.7 Å². The van der Waals surface area contributed by atoms with E-state index in [0.717, 1.165) is 6.07 Å². The molecule has 188 valence electrons. The summed E-state index contributed by atoms with van der Waals surface area (Å²) >= 11 is 0. The van der Waals surface area contributed by atoms with E-state index in [1.54, 1.807) is 0 Å². The van der Waals surface area contributed by atoms with Crippen LogP contribution in [0.5, 0.6) is 17.2 Å². The standard InChI is InChI=1S/C24H20O12/c25-7-13-18(30)20(32)21(33)24(35-13)16-10(27)5-12-17-19(31)15(11(28)6-14(29)36-23(16)17)22(34-12)8-1-3-9(26)4-2-8/h1-5,13,18,20-21,24-27,30,32-33H,6-7H2/t13-,18-,20+,21-,24?/m1/s1. The van der Waals surface area contributed by atoms with Gasteiger partial charge in [-0.1, -0.05) is 0 Å². The van der Waals surface area contributed by atoms with Gasteiger partial charge >= 0.3 is 5.97 Å². The van der Waals surface area contributed by atoms with Gasteiger partial charge < -0.3 is 44.5 Å². The summed E-state index contributed by atoms with van der Waals surface area (Å²) in [5.74, 6) is -3.46. The third-order valence-electron chi connectivity index (χ3n) is 6.26. The van der Waals surface area contributed by atoms with Crippen molar-refractivity contribution in [3.8, 4) is 28.6 Å². The fraction of sp³-hybridized carbons (Fsp3) is 0.292. The highest BCUT2D eigenvalue weighted by atomic mass is 16.6. The molecular weight excluding hydrogens is 480 g/mol. The molecule has 1 saturated heterocycles. The Bertz CT molecular complexity index is 1440. The second-order valence-corrected chi connectivity index (χ2v) is 8.52. The van der Waals surface area contributed by atoms with E-state index >= 15 is 0 Å². The van der Waals surface area contributed by atoms with E-state index in [1.807, 2.05) is 0 Å². The zero-order valence-electron chi connectivity index (χ0n) is 18.3. The first-order valence-electron chi connectivity index (χ1n) is 10.8. The molecule has 3 aromatic rings. The van der Waals surface area contributed by atoms with Gasteiger partial charge in [0.1, 0.15) is 70.7 Å². The van der Waals surface area contributed by atoms with E-state index in [9.17, 15) is 45.0 Å². The van der Waals surface area contributed by atoms with Crippen LogP contribution in [0.2, 0.25) is 0 Å². The number of phenolic OH excluding ortho intramolecular Hbond substituents is 2. The number of aliphatic hydroxyl groups excluding tert-OH is 4. The number of hydrogen-bond acceptors (Lipinski definition) is 12. The summed E-state index contributed by atoms with van der Waals surface area (Å²) in [6.07, 6.45) is -9.25. The van der Waals surface area contributed by atoms with Crippen LogP contribution in [0.25, 0.3) is 22.3 Å². The number of carbonyl (C=O) groups is 2. The molecule has 3 heterocycles. The minimum absolute atomic E-state index is 0.0800. The van der Waals surface area contributed by atoms with Crippen molar-refractivity contribution in [2.75, 3.05) is 6.61 Å². The third-order valence-corrected chi connectivity index (χ3v) is 6.26. The van der Waals surface area contributed by atoms with Gasteiger partial charge in [0.25, 0.3) is 0 Å². The van der Waals surface area contributed by atoms with Gasteiger partial charge in [0.05, 0.1) is 12.2 Å². The minimum Gasteiger partial charge on any atom is -0.508 e. The molecule has 6 N–H and O–H groups in total. The molecule has 36 heavy (non-hydrogen) atoms. The number of aliphatic hydroxyl groups is 4. The molecule has 1 aromatic heterocycles. The van der Waals surface area contributed by atoms with Crippen LogP contribution in [0.1, 0.15) is 28.4 Å². The predicted molar refractivity (Wildman–Crippen MR) is 119 cm³/mol. The zero-order chi connectivity index (χ0) is 25.9. The van der Waals surface area contributed by atoms with Crippen molar-refractivity contribution in [2.24, 2.45) is 0 Å². The normalized spacial score (nSPS) is 26.1. The topological polar surface area (TPSA) is 204 Å². The van der Waals surface area contributed by atoms with Gasteiger partial charge in [-0.3, -0.25) is 14.4 Å². The Hall–Kier alpha value is -3.81. The quantitative estimate of drug-likeness (QED) is 0.158. The van der Waals surface area contributed by atoms with Gasteiger partial charge in [-0.25, -0.2) is 0 Å². The Kier molecular flexibility index (Phi) is 5.77. The lowest BCUT2D eigenvalue weighted by molar-refractivity contribution is -0.232. The second-order valence-electron chi connectivity index (χ2n) is 8.52. The first-order chi connectivity index (χ1) is 17.1. The first kappa shape index (κ1) is 23.9. The molecule has 2 aliphatic heterocycles. The Morgan fingerprint density at radius 2 is 1.64 bits per heavy atom. The average Bonchev–Trinajstić information content (AvgIpc) is 2.83. The SMILES string of the molecule is O=C1CC(=O)c2c(-c3ccc(O)cc3)oc3cc(O)c(C4O[C@H](CO)[C@@H](O)[C@H](O)[C@H]4O)c(c3c2=O)O1. The van der Waals surface area contributed by atoms with Crippen LogP contribution in [0.3, 0.4) is 0 Å². The van der Waals surface area contributed by atoms with Gasteiger partial charge in [0.15, 0.2) is 11.5 Å². The van der Waals surface area contributed by atoms with Crippen molar-refractivity contribution in [1.82, 2.24) is 0 Å². The van der Waals surface area contributed by atoms with Crippen LogP contribution < -0.4 is 10.2 Å². The zero-order valence-corrected chi connectivity index (χ0v) is 18.3. The number of rotatable bonds is 3. The smallest absolute Gasteiger partial charge is 0.319 e. The Labute approximate surface area is 201 Å². The number of phenols is 2. The summed E-state index contributed by atoms with van der Waals surface area (Å²) < 4.78 is 16.6. The summed E-state index contributed by atoms with van der Waals surface area (Å²) in [7, 11) is 0. The molecular formula is C24H20O12. The molecule has 1 unspecified atom stereocenters. The summed E-state index contributed by atoms with van der Waals surface area (Å²) in [4.78, 5) is 39.0. The van der Waals surface area contributed by atoms with Crippen LogP contribution in [-0.4, -0.2) is 73.4 Å². The summed E-state index contributed by atoms with van der Waals surface area (Å²) in [6, 6.07) is 6.38. The number of aromatic hydroxyl groups is 2. The van der Waals surface area contributed by atoms with Crippen LogP contribution in [0, 0.1) is 0 Å². The minimum atomic E-state index is -1.86. The van der Waals surface area contributed by atoms with Crippen LogP contribution in [0.15, 0.2) is 39.5 Å². The first-order valence-corrected chi connectivity index (χ1v) is 10.8. The summed E-state index contributed by atoms with van der Waals surface area (Å²) in [6.45, 7) is -0.762. The average molecular weight is 500 g/mol. The van der Waals surface area contributed by atoms with Crippen molar-refractivity contribution in [1.29, 1.82) is 0 Å². The van der Waals surface area contributed by atoms with Crippen molar-refractivity contribution in [3.05, 3.63) is 51.7 Å². The van der Waals surface area contributed by atoms with Crippen LogP contribution in [0.4, 0.5) is 0 Å². The Morgan fingerprint density at radius 1 is 0.944 bits per heavy atom. The lowest BCUT2D eigenvalue weighted by atomic mass is 9.89. The lowest BCUT2D eigenvalue weighted by Gasteiger charge is -2.40. The summed E-state index contributed by atoms with van der Waals surface area (Å²) in [5, 5.41) is 60.4. The van der Waals surface area contributed by atoms with Gasteiger partial charge in [-0.2, -0.15) is 0 Å². The number of ether oxygens (including phenoxy) is 2. The molecule has 2 aliphatic rings. The highest BCUT2D eigenvalue weighted by Crippen LogP contribution is 2.46. The highest BCUT2D eigenvalue weighted by molar-refractivity contribution is 6.12. The highest BCUT2D eigenvalue weighted by Gasteiger charge is 2.47. The van der Waals surface area contributed by atoms with E-state index in [4.69, 9.17) is 13.9 Å². The van der Waals surface area contributed by atoms with Crippen LogP contribution in [-0.2, 0) is 9.53 Å². The largest absolute Gasteiger partial charge is 0.508 e.